The predicted molar refractivity (Wildman–Crippen MR) is 74.6 cm³/mol. The van der Waals surface area contributed by atoms with Crippen molar-refractivity contribution in [3.8, 4) is 0 Å². The lowest BCUT2D eigenvalue weighted by molar-refractivity contribution is -0.00776. The largest absolute Gasteiger partial charge is 0.335 e. The van der Waals surface area contributed by atoms with Gasteiger partial charge in [-0.25, -0.2) is 0 Å². The maximum atomic E-state index is 5.67. The molecule has 3 unspecified atom stereocenters. The molecule has 1 aliphatic heterocycles. The van der Waals surface area contributed by atoms with Crippen molar-refractivity contribution in [2.45, 2.75) is 76.2 Å². The summed E-state index contributed by atoms with van der Waals surface area (Å²) in [5, 5.41) is 0. The fourth-order valence-electron chi connectivity index (χ4n) is 2.33. The first kappa shape index (κ1) is 14.7. The number of ether oxygens (including phenoxy) is 2. The van der Waals surface area contributed by atoms with Crippen LogP contribution >= 0.6 is 22.6 Å². The SMILES string of the molecule is CC(I)OC1OC1N(C(C)(C)C)C(C)(C)C. The van der Waals surface area contributed by atoms with Crippen LogP contribution in [0.25, 0.3) is 0 Å². The van der Waals surface area contributed by atoms with Crippen molar-refractivity contribution in [1.29, 1.82) is 0 Å². The summed E-state index contributed by atoms with van der Waals surface area (Å²) in [5.74, 6) is 0. The van der Waals surface area contributed by atoms with Gasteiger partial charge in [0.1, 0.15) is 4.11 Å². The summed E-state index contributed by atoms with van der Waals surface area (Å²) in [6.45, 7) is 15.3. The summed E-state index contributed by atoms with van der Waals surface area (Å²) in [7, 11) is 0. The van der Waals surface area contributed by atoms with E-state index in [0.29, 0.717) is 0 Å². The molecule has 0 saturated carbocycles. The minimum atomic E-state index is -0.0645. The molecule has 0 N–H and O–H groups in total. The van der Waals surface area contributed by atoms with Gasteiger partial charge in [-0.15, -0.1) is 0 Å². The van der Waals surface area contributed by atoms with Gasteiger partial charge in [-0.3, -0.25) is 4.90 Å². The summed E-state index contributed by atoms with van der Waals surface area (Å²) >= 11 is 2.25. The fraction of sp³-hybridized carbons (Fsp3) is 1.00. The number of hydrogen-bond donors (Lipinski definition) is 0. The van der Waals surface area contributed by atoms with E-state index in [1.807, 2.05) is 6.92 Å². The third kappa shape index (κ3) is 3.82. The Kier molecular flexibility index (Phi) is 4.31. The van der Waals surface area contributed by atoms with Gasteiger partial charge >= 0.3 is 0 Å². The molecule has 0 amide bonds. The Hall–Kier alpha value is 0.610. The average molecular weight is 341 g/mol. The second kappa shape index (κ2) is 4.71. The first-order valence-electron chi connectivity index (χ1n) is 5.78. The van der Waals surface area contributed by atoms with Gasteiger partial charge in [0.05, 0.1) is 0 Å². The van der Waals surface area contributed by atoms with Crippen LogP contribution in [-0.4, -0.2) is 32.6 Å². The number of alkyl halides is 1. The van der Waals surface area contributed by atoms with E-state index in [-0.39, 0.29) is 27.7 Å². The van der Waals surface area contributed by atoms with Gasteiger partial charge in [0, 0.05) is 11.1 Å². The molecular weight excluding hydrogens is 317 g/mol. The zero-order chi connectivity index (χ0) is 12.7. The third-order valence-corrected chi connectivity index (χ3v) is 2.74. The molecule has 4 heteroatoms. The van der Waals surface area contributed by atoms with E-state index in [1.165, 1.54) is 0 Å². The van der Waals surface area contributed by atoms with Crippen LogP contribution in [0, 0.1) is 0 Å². The van der Waals surface area contributed by atoms with E-state index in [1.54, 1.807) is 0 Å². The zero-order valence-electron chi connectivity index (χ0n) is 11.4. The Morgan fingerprint density at radius 2 is 1.56 bits per heavy atom. The molecule has 0 aromatic rings. The summed E-state index contributed by atoms with van der Waals surface area (Å²) in [5.41, 5.74) is 0.158. The fourth-order valence-corrected chi connectivity index (χ4v) is 2.62. The van der Waals surface area contributed by atoms with Crippen LogP contribution in [0.3, 0.4) is 0 Å². The molecule has 0 bridgehead atoms. The molecule has 3 nitrogen and oxygen atoms in total. The van der Waals surface area contributed by atoms with E-state index in [0.717, 1.165) is 0 Å². The smallest absolute Gasteiger partial charge is 0.200 e. The number of rotatable bonds is 3. The highest BCUT2D eigenvalue weighted by Gasteiger charge is 2.52. The van der Waals surface area contributed by atoms with Crippen molar-refractivity contribution in [2.75, 3.05) is 0 Å². The topological polar surface area (TPSA) is 25.0 Å². The average Bonchev–Trinajstić information content (AvgIpc) is 2.58. The van der Waals surface area contributed by atoms with Gasteiger partial charge in [-0.2, -0.15) is 0 Å². The quantitative estimate of drug-likeness (QED) is 0.447. The van der Waals surface area contributed by atoms with Gasteiger partial charge < -0.3 is 9.47 Å². The summed E-state index contributed by atoms with van der Waals surface area (Å²) < 4.78 is 11.5. The van der Waals surface area contributed by atoms with E-state index in [2.05, 4.69) is 69.0 Å². The normalized spacial score (nSPS) is 28.3. The maximum absolute atomic E-state index is 5.67. The molecule has 0 aromatic carbocycles. The molecule has 3 atom stereocenters. The standard InChI is InChI=1S/C12H24INO2/c1-8(13)15-10-9(16-10)14(11(2,3)4)12(5,6)7/h8-10H,1-7H3. The lowest BCUT2D eigenvalue weighted by Crippen LogP contribution is -2.54. The van der Waals surface area contributed by atoms with E-state index < -0.39 is 0 Å². The van der Waals surface area contributed by atoms with E-state index >= 15 is 0 Å². The highest BCUT2D eigenvalue weighted by Crippen LogP contribution is 2.38. The number of epoxide rings is 1. The molecule has 1 heterocycles. The molecule has 0 spiro atoms. The minimum Gasteiger partial charge on any atom is -0.335 e. The summed E-state index contributed by atoms with van der Waals surface area (Å²) in [6.07, 6.45) is 0.0302. The Balaban J connectivity index is 2.68. The maximum Gasteiger partial charge on any atom is 0.200 e. The Morgan fingerprint density at radius 1 is 1.12 bits per heavy atom. The monoisotopic (exact) mass is 341 g/mol. The van der Waals surface area contributed by atoms with Gasteiger partial charge in [0.2, 0.25) is 6.29 Å². The lowest BCUT2D eigenvalue weighted by Gasteiger charge is -2.44. The van der Waals surface area contributed by atoms with Crippen LogP contribution in [0.4, 0.5) is 0 Å². The molecule has 1 aliphatic rings. The molecular formula is C12H24INO2. The molecule has 1 saturated heterocycles. The van der Waals surface area contributed by atoms with E-state index in [9.17, 15) is 0 Å². The van der Waals surface area contributed by atoms with Gasteiger partial charge in [-0.05, 0) is 48.5 Å². The molecule has 0 aliphatic carbocycles. The van der Waals surface area contributed by atoms with Crippen molar-refractivity contribution in [3.63, 3.8) is 0 Å². The molecule has 96 valence electrons. The molecule has 1 fully saturated rings. The number of nitrogens with zero attached hydrogens (tertiary/aromatic N) is 1. The van der Waals surface area contributed by atoms with Crippen molar-refractivity contribution >= 4 is 22.6 Å². The Bertz CT molecular complexity index is 228. The van der Waals surface area contributed by atoms with Crippen LogP contribution in [0.1, 0.15) is 48.5 Å². The molecule has 16 heavy (non-hydrogen) atoms. The van der Waals surface area contributed by atoms with Crippen LogP contribution in [0.5, 0.6) is 0 Å². The summed E-state index contributed by atoms with van der Waals surface area (Å²) in [4.78, 5) is 2.38. The Morgan fingerprint density at radius 3 is 1.88 bits per heavy atom. The van der Waals surface area contributed by atoms with Crippen LogP contribution in [0.2, 0.25) is 0 Å². The van der Waals surface area contributed by atoms with Gasteiger partial charge in [-0.1, -0.05) is 22.6 Å². The summed E-state index contributed by atoms with van der Waals surface area (Å²) in [6, 6.07) is 0. The Labute approximate surface area is 113 Å². The van der Waals surface area contributed by atoms with Crippen molar-refractivity contribution in [3.05, 3.63) is 0 Å². The third-order valence-electron chi connectivity index (χ3n) is 2.45. The molecule has 0 aromatic heterocycles. The van der Waals surface area contributed by atoms with Crippen molar-refractivity contribution in [2.24, 2.45) is 0 Å². The van der Waals surface area contributed by atoms with Crippen molar-refractivity contribution < 1.29 is 9.47 Å². The van der Waals surface area contributed by atoms with Crippen LogP contribution < -0.4 is 0 Å². The molecule has 0 radical (unpaired) electrons. The molecule has 1 rings (SSSR count). The zero-order valence-corrected chi connectivity index (χ0v) is 13.5. The van der Waals surface area contributed by atoms with Crippen LogP contribution in [-0.2, 0) is 9.47 Å². The van der Waals surface area contributed by atoms with Crippen LogP contribution in [0.15, 0.2) is 0 Å². The number of hydrogen-bond acceptors (Lipinski definition) is 3. The highest BCUT2D eigenvalue weighted by atomic mass is 127. The second-order valence-corrected chi connectivity index (χ2v) is 8.04. The minimum absolute atomic E-state index is 0.0645. The van der Waals surface area contributed by atoms with Crippen molar-refractivity contribution in [1.82, 2.24) is 4.90 Å². The first-order valence-corrected chi connectivity index (χ1v) is 7.02. The lowest BCUT2D eigenvalue weighted by atomic mass is 9.96. The van der Waals surface area contributed by atoms with Gasteiger partial charge in [0.15, 0.2) is 6.23 Å². The van der Waals surface area contributed by atoms with Gasteiger partial charge in [0.25, 0.3) is 0 Å². The highest BCUT2D eigenvalue weighted by molar-refractivity contribution is 14.1. The number of halogens is 1. The first-order chi connectivity index (χ1) is 7.03. The van der Waals surface area contributed by atoms with E-state index in [4.69, 9.17) is 9.47 Å². The predicted octanol–water partition coefficient (Wildman–Crippen LogP) is 3.37. The second-order valence-electron chi connectivity index (χ2n) is 6.29.